The summed E-state index contributed by atoms with van der Waals surface area (Å²) in [4.78, 5) is 22.3. The van der Waals surface area contributed by atoms with Crippen molar-refractivity contribution in [2.24, 2.45) is 0 Å². The maximum absolute atomic E-state index is 13.0. The van der Waals surface area contributed by atoms with Crippen LogP contribution in [0.3, 0.4) is 0 Å². The fraction of sp³-hybridized carbons (Fsp3) is 0. The summed E-state index contributed by atoms with van der Waals surface area (Å²) in [6, 6.07) is 4.69. The van der Waals surface area contributed by atoms with Crippen molar-refractivity contribution in [1.29, 1.82) is 0 Å². The molecule has 92 valence electrons. The first-order valence-electron chi connectivity index (χ1n) is 4.90. The van der Waals surface area contributed by atoms with Crippen molar-refractivity contribution >= 4 is 5.97 Å². The molecule has 0 radical (unpaired) electrons. The Kier molecular flexibility index (Phi) is 2.93. The molecule has 1 aromatic heterocycles. The summed E-state index contributed by atoms with van der Waals surface area (Å²) in [6.45, 7) is 0. The van der Waals surface area contributed by atoms with Crippen LogP contribution >= 0.6 is 0 Å². The van der Waals surface area contributed by atoms with E-state index in [-0.39, 0.29) is 11.3 Å². The molecule has 1 aromatic carbocycles. The highest BCUT2D eigenvalue weighted by atomic mass is 19.1. The predicted molar refractivity (Wildman–Crippen MR) is 58.9 cm³/mol. The number of hydrogen-bond donors (Lipinski definition) is 1. The van der Waals surface area contributed by atoms with Crippen molar-refractivity contribution in [3.63, 3.8) is 0 Å². The number of aromatic carboxylic acids is 1. The topological polar surface area (TPSA) is 59.3 Å². The van der Waals surface area contributed by atoms with Gasteiger partial charge in [-0.05, 0) is 18.2 Å². The monoisotopic (exact) mass is 251 g/mol. The van der Waals surface area contributed by atoms with Gasteiger partial charge in [0.1, 0.15) is 11.6 Å². The number of carboxylic acids is 1. The van der Waals surface area contributed by atoms with Gasteiger partial charge in [-0.1, -0.05) is 0 Å². The van der Waals surface area contributed by atoms with E-state index in [4.69, 9.17) is 5.11 Å². The highest BCUT2D eigenvalue weighted by Gasteiger charge is 2.08. The average Bonchev–Trinajstić information content (AvgIpc) is 2.27. The Hall–Kier alpha value is -2.50. The zero-order valence-corrected chi connectivity index (χ0v) is 8.93. The van der Waals surface area contributed by atoms with E-state index in [1.54, 1.807) is 0 Å². The van der Waals surface area contributed by atoms with Crippen molar-refractivity contribution in [3.05, 3.63) is 64.1 Å². The van der Waals surface area contributed by atoms with Crippen molar-refractivity contribution < 1.29 is 18.7 Å². The van der Waals surface area contributed by atoms with Gasteiger partial charge in [0.25, 0.3) is 5.56 Å². The first-order valence-corrected chi connectivity index (χ1v) is 4.90. The van der Waals surface area contributed by atoms with E-state index in [9.17, 15) is 18.4 Å². The van der Waals surface area contributed by atoms with Crippen molar-refractivity contribution in [2.45, 2.75) is 0 Å². The van der Waals surface area contributed by atoms with E-state index in [0.717, 1.165) is 35.0 Å². The fourth-order valence-electron chi connectivity index (χ4n) is 1.49. The third kappa shape index (κ3) is 2.27. The lowest BCUT2D eigenvalue weighted by Crippen LogP contribution is -2.18. The zero-order chi connectivity index (χ0) is 13.3. The molecule has 18 heavy (non-hydrogen) atoms. The number of halogens is 2. The summed E-state index contributed by atoms with van der Waals surface area (Å²) in [7, 11) is 0. The molecule has 0 amide bonds. The first kappa shape index (κ1) is 12.0. The molecule has 0 aliphatic carbocycles. The van der Waals surface area contributed by atoms with Gasteiger partial charge in [0, 0.05) is 18.3 Å². The molecule has 1 heterocycles. The van der Waals surface area contributed by atoms with Crippen molar-refractivity contribution in [3.8, 4) is 5.69 Å². The number of aromatic nitrogens is 1. The minimum Gasteiger partial charge on any atom is -0.478 e. The maximum atomic E-state index is 13.0. The highest BCUT2D eigenvalue weighted by molar-refractivity contribution is 5.87. The molecule has 0 aliphatic rings. The van der Waals surface area contributed by atoms with Crippen molar-refractivity contribution in [1.82, 2.24) is 4.57 Å². The van der Waals surface area contributed by atoms with E-state index in [1.165, 1.54) is 0 Å². The lowest BCUT2D eigenvalue weighted by atomic mass is 10.2. The van der Waals surface area contributed by atoms with Gasteiger partial charge in [0.05, 0.1) is 11.3 Å². The number of carboxylic acid groups (broad SMARTS) is 1. The van der Waals surface area contributed by atoms with E-state index < -0.39 is 23.2 Å². The smallest absolute Gasteiger partial charge is 0.337 e. The van der Waals surface area contributed by atoms with Crippen LogP contribution in [0.1, 0.15) is 10.4 Å². The second kappa shape index (κ2) is 4.40. The number of rotatable bonds is 2. The van der Waals surface area contributed by atoms with Gasteiger partial charge < -0.3 is 5.11 Å². The molecular formula is C12H7F2NO3. The van der Waals surface area contributed by atoms with E-state index in [2.05, 4.69) is 0 Å². The molecule has 0 unspecified atom stereocenters. The summed E-state index contributed by atoms with van der Waals surface area (Å²) in [5.41, 5.74) is -0.801. The van der Waals surface area contributed by atoms with Gasteiger partial charge in [0.15, 0.2) is 0 Å². The third-order valence-corrected chi connectivity index (χ3v) is 2.28. The quantitative estimate of drug-likeness (QED) is 0.885. The van der Waals surface area contributed by atoms with Crippen LogP contribution in [0.15, 0.2) is 41.3 Å². The molecule has 0 saturated heterocycles. The van der Waals surface area contributed by atoms with Crippen LogP contribution in [0.4, 0.5) is 8.78 Å². The van der Waals surface area contributed by atoms with Crippen LogP contribution in [0, 0.1) is 11.6 Å². The van der Waals surface area contributed by atoms with Crippen LogP contribution in [0.25, 0.3) is 5.69 Å². The summed E-state index contributed by atoms with van der Waals surface area (Å²) in [5.74, 6) is -2.93. The fourth-order valence-corrected chi connectivity index (χ4v) is 1.49. The zero-order valence-electron chi connectivity index (χ0n) is 8.93. The summed E-state index contributed by atoms with van der Waals surface area (Å²) in [5, 5.41) is 8.79. The Labute approximate surface area is 99.7 Å². The van der Waals surface area contributed by atoms with E-state index in [0.29, 0.717) is 6.07 Å². The molecule has 0 saturated carbocycles. The van der Waals surface area contributed by atoms with Gasteiger partial charge >= 0.3 is 5.97 Å². The van der Waals surface area contributed by atoms with Crippen LogP contribution in [0.2, 0.25) is 0 Å². The predicted octanol–water partition coefficient (Wildman–Crippen LogP) is 1.81. The van der Waals surface area contributed by atoms with Gasteiger partial charge in [-0.15, -0.1) is 0 Å². The minimum absolute atomic E-state index is 0.0689. The summed E-state index contributed by atoms with van der Waals surface area (Å²) < 4.78 is 26.9. The molecule has 6 heteroatoms. The molecule has 0 fully saturated rings. The lowest BCUT2D eigenvalue weighted by Gasteiger charge is -2.06. The molecule has 1 N–H and O–H groups in total. The van der Waals surface area contributed by atoms with Crippen molar-refractivity contribution in [2.75, 3.05) is 0 Å². The van der Waals surface area contributed by atoms with Gasteiger partial charge in [-0.25, -0.2) is 13.6 Å². The molecule has 0 atom stereocenters. The number of nitrogens with zero attached hydrogens (tertiary/aromatic N) is 1. The average molecular weight is 251 g/mol. The summed E-state index contributed by atoms with van der Waals surface area (Å²) in [6.07, 6.45) is 1.01. The van der Waals surface area contributed by atoms with Gasteiger partial charge in [-0.2, -0.15) is 0 Å². The standard InChI is InChI=1S/C12H7F2NO3/c13-8-3-9(14)5-10(4-8)15-6-7(12(17)18)1-2-11(15)16/h1-6H,(H,17,18). The molecule has 2 rings (SSSR count). The van der Waals surface area contributed by atoms with Crippen LogP contribution < -0.4 is 5.56 Å². The maximum Gasteiger partial charge on any atom is 0.337 e. The van der Waals surface area contributed by atoms with E-state index >= 15 is 0 Å². The lowest BCUT2D eigenvalue weighted by molar-refractivity contribution is 0.0696. The molecular weight excluding hydrogens is 244 g/mol. The van der Waals surface area contributed by atoms with Gasteiger partial charge in [0.2, 0.25) is 0 Å². The second-order valence-electron chi connectivity index (χ2n) is 3.56. The Balaban J connectivity index is 2.66. The SMILES string of the molecule is O=C(O)c1ccc(=O)n(-c2cc(F)cc(F)c2)c1. The molecule has 4 nitrogen and oxygen atoms in total. The number of pyridine rings is 1. The Morgan fingerprint density at radius 3 is 2.28 bits per heavy atom. The van der Waals surface area contributed by atoms with E-state index in [1.807, 2.05) is 0 Å². The normalized spacial score (nSPS) is 10.3. The van der Waals surface area contributed by atoms with Crippen LogP contribution in [-0.4, -0.2) is 15.6 Å². The minimum atomic E-state index is -1.24. The number of carbonyl (C=O) groups is 1. The first-order chi connectivity index (χ1) is 8.47. The molecule has 0 spiro atoms. The number of hydrogen-bond acceptors (Lipinski definition) is 2. The van der Waals surface area contributed by atoms with Crippen LogP contribution in [-0.2, 0) is 0 Å². The largest absolute Gasteiger partial charge is 0.478 e. The molecule has 0 aliphatic heterocycles. The Bertz CT molecular complexity index is 659. The molecule has 2 aromatic rings. The van der Waals surface area contributed by atoms with Crippen LogP contribution in [0.5, 0.6) is 0 Å². The Morgan fingerprint density at radius 2 is 1.72 bits per heavy atom. The highest BCUT2D eigenvalue weighted by Crippen LogP contribution is 2.11. The third-order valence-electron chi connectivity index (χ3n) is 2.28. The summed E-state index contributed by atoms with van der Waals surface area (Å²) >= 11 is 0. The van der Waals surface area contributed by atoms with Gasteiger partial charge in [-0.3, -0.25) is 9.36 Å². The Morgan fingerprint density at radius 1 is 1.11 bits per heavy atom. The molecule has 0 bridgehead atoms. The second-order valence-corrected chi connectivity index (χ2v) is 3.56. The number of benzene rings is 1.